The second kappa shape index (κ2) is 6.50. The van der Waals surface area contributed by atoms with Gasteiger partial charge in [-0.05, 0) is 60.2 Å². The molecular formula is C22H13Cl2N3O2. The molecule has 0 aromatic heterocycles. The van der Waals surface area contributed by atoms with Gasteiger partial charge in [-0.25, -0.2) is 9.64 Å². The Bertz CT molecular complexity index is 1160. The molecule has 0 saturated carbocycles. The van der Waals surface area contributed by atoms with Gasteiger partial charge in [0.1, 0.15) is 0 Å². The molecule has 2 unspecified atom stereocenters. The lowest BCUT2D eigenvalue weighted by atomic mass is 10.0. The Morgan fingerprint density at radius 1 is 0.931 bits per heavy atom. The Hall–Kier alpha value is -3.04. The minimum Gasteiger partial charge on any atom is -0.317 e. The van der Waals surface area contributed by atoms with Crippen molar-refractivity contribution in [2.45, 2.75) is 12.0 Å². The van der Waals surface area contributed by atoms with Crippen LogP contribution in [0.2, 0.25) is 10.0 Å². The highest BCUT2D eigenvalue weighted by molar-refractivity contribution is 6.31. The summed E-state index contributed by atoms with van der Waals surface area (Å²) in [5.74, 6) is 0. The van der Waals surface area contributed by atoms with Crippen LogP contribution in [0.5, 0.6) is 0 Å². The molecule has 0 radical (unpaired) electrons. The number of amides is 2. The number of hydrogen-bond donors (Lipinski definition) is 0. The van der Waals surface area contributed by atoms with Gasteiger partial charge in [-0.15, -0.1) is 0 Å². The second-order valence-electron chi connectivity index (χ2n) is 6.77. The van der Waals surface area contributed by atoms with Crippen molar-refractivity contribution >= 4 is 46.3 Å². The lowest BCUT2D eigenvalue weighted by Gasteiger charge is -2.27. The van der Waals surface area contributed by atoms with Gasteiger partial charge in [-0.1, -0.05) is 41.4 Å². The summed E-state index contributed by atoms with van der Waals surface area (Å²) in [4.78, 5) is 20.2. The molecule has 3 aromatic carbocycles. The molecule has 29 heavy (non-hydrogen) atoms. The number of hydrogen-bond acceptors (Lipinski definition) is 2. The zero-order valence-electron chi connectivity index (χ0n) is 14.9. The number of anilines is 2. The molecule has 5 rings (SSSR count). The topological polar surface area (TPSA) is 40.4 Å². The Balaban J connectivity index is 1.66. The van der Waals surface area contributed by atoms with Crippen molar-refractivity contribution in [3.8, 4) is 0 Å². The van der Waals surface area contributed by atoms with Gasteiger partial charge in [-0.3, -0.25) is 9.80 Å². The molecule has 0 spiro atoms. The number of fused-ring (bicyclic) bond motifs is 1. The maximum Gasteiger partial charge on any atom is 0.334 e. The van der Waals surface area contributed by atoms with Crippen LogP contribution in [-0.4, -0.2) is 12.3 Å². The Labute approximate surface area is 177 Å². The molecule has 0 aliphatic carbocycles. The van der Waals surface area contributed by atoms with E-state index in [1.54, 1.807) is 76.5 Å². The summed E-state index contributed by atoms with van der Waals surface area (Å²) in [6.45, 7) is 7.33. The molecule has 2 heterocycles. The molecule has 7 heteroatoms. The third-order valence-electron chi connectivity index (χ3n) is 5.11. The molecule has 2 aliphatic heterocycles. The van der Waals surface area contributed by atoms with Crippen molar-refractivity contribution < 1.29 is 9.53 Å². The average molecular weight is 422 g/mol. The molecule has 0 bridgehead atoms. The van der Waals surface area contributed by atoms with Crippen LogP contribution >= 0.6 is 23.2 Å². The molecule has 2 fully saturated rings. The Morgan fingerprint density at radius 3 is 2.17 bits per heavy atom. The van der Waals surface area contributed by atoms with E-state index in [4.69, 9.17) is 34.5 Å². The van der Waals surface area contributed by atoms with Gasteiger partial charge in [0.05, 0.1) is 6.57 Å². The number of benzene rings is 3. The third-order valence-corrected chi connectivity index (χ3v) is 5.62. The monoisotopic (exact) mass is 421 g/mol. The minimum absolute atomic E-state index is 0.223. The smallest absolute Gasteiger partial charge is 0.317 e. The van der Waals surface area contributed by atoms with Gasteiger partial charge in [-0.2, -0.15) is 0 Å². The largest absolute Gasteiger partial charge is 0.334 e. The van der Waals surface area contributed by atoms with E-state index in [0.29, 0.717) is 27.1 Å². The van der Waals surface area contributed by atoms with Crippen molar-refractivity contribution in [1.29, 1.82) is 0 Å². The van der Waals surface area contributed by atoms with Gasteiger partial charge in [0.2, 0.25) is 5.72 Å². The summed E-state index contributed by atoms with van der Waals surface area (Å²) >= 11 is 12.1. The van der Waals surface area contributed by atoms with Crippen molar-refractivity contribution in [2.75, 3.05) is 9.80 Å². The third kappa shape index (κ3) is 2.69. The van der Waals surface area contributed by atoms with Gasteiger partial charge in [0.25, 0.3) is 0 Å². The predicted molar refractivity (Wildman–Crippen MR) is 113 cm³/mol. The summed E-state index contributed by atoms with van der Waals surface area (Å²) in [5, 5.41) is 1.16. The van der Waals surface area contributed by atoms with Gasteiger partial charge in [0, 0.05) is 21.4 Å². The Morgan fingerprint density at radius 2 is 1.55 bits per heavy atom. The fraction of sp³-hybridized carbons (Fsp3) is 0.0909. The number of nitrogens with zero attached hydrogens (tertiary/aromatic N) is 3. The minimum atomic E-state index is -1.01. The summed E-state index contributed by atoms with van der Waals surface area (Å²) in [5.41, 5.74) is 1.57. The number of urea groups is 1. The van der Waals surface area contributed by atoms with Crippen molar-refractivity contribution in [3.63, 3.8) is 0 Å². The molecule has 3 aromatic rings. The van der Waals surface area contributed by atoms with E-state index in [1.807, 2.05) is 6.07 Å². The van der Waals surface area contributed by atoms with Crippen LogP contribution in [0, 0.1) is 6.57 Å². The zero-order chi connectivity index (χ0) is 20.2. The molecular weight excluding hydrogens is 409 g/mol. The lowest BCUT2D eigenvalue weighted by molar-refractivity contribution is 0.224. The number of carbonyl (C=O) groups is 1. The van der Waals surface area contributed by atoms with Crippen LogP contribution in [0.3, 0.4) is 0 Å². The number of carbonyl (C=O) groups excluding carboxylic acids is 1. The maximum atomic E-state index is 13.5. The van der Waals surface area contributed by atoms with E-state index >= 15 is 0 Å². The van der Waals surface area contributed by atoms with E-state index in [2.05, 4.69) is 4.85 Å². The molecule has 5 nitrogen and oxygen atoms in total. The number of ether oxygens (including phenoxy) is 1. The summed E-state index contributed by atoms with van der Waals surface area (Å²) in [7, 11) is 0. The second-order valence-corrected chi connectivity index (χ2v) is 7.64. The van der Waals surface area contributed by atoms with E-state index in [9.17, 15) is 4.79 Å². The van der Waals surface area contributed by atoms with Crippen molar-refractivity contribution in [1.82, 2.24) is 0 Å². The number of halogens is 2. The predicted octanol–water partition coefficient (Wildman–Crippen LogP) is 6.20. The maximum absolute atomic E-state index is 13.5. The van der Waals surface area contributed by atoms with Crippen LogP contribution in [0.1, 0.15) is 5.56 Å². The highest BCUT2D eigenvalue weighted by Crippen LogP contribution is 2.58. The van der Waals surface area contributed by atoms with E-state index < -0.39 is 12.0 Å². The quantitative estimate of drug-likeness (QED) is 0.373. The van der Waals surface area contributed by atoms with Crippen LogP contribution < -0.4 is 9.80 Å². The zero-order valence-corrected chi connectivity index (χ0v) is 16.4. The molecule has 2 saturated heterocycles. The van der Waals surface area contributed by atoms with Crippen LogP contribution in [0.15, 0.2) is 72.8 Å². The molecule has 0 N–H and O–H groups in total. The molecule has 2 atom stereocenters. The summed E-state index contributed by atoms with van der Waals surface area (Å²) < 4.78 is 6.15. The lowest BCUT2D eigenvalue weighted by Crippen LogP contribution is -2.40. The first kappa shape index (κ1) is 18.0. The average Bonchev–Trinajstić information content (AvgIpc) is 3.41. The molecule has 2 aliphatic rings. The number of epoxide rings is 1. The summed E-state index contributed by atoms with van der Waals surface area (Å²) in [6.07, 6.45) is -0.521. The van der Waals surface area contributed by atoms with Crippen LogP contribution in [0.25, 0.3) is 4.85 Å². The van der Waals surface area contributed by atoms with Gasteiger partial charge >= 0.3 is 6.03 Å². The number of rotatable bonds is 3. The molecule has 2 amide bonds. The van der Waals surface area contributed by atoms with E-state index in [1.165, 1.54) is 0 Å². The van der Waals surface area contributed by atoms with E-state index in [0.717, 1.165) is 5.56 Å². The highest BCUT2D eigenvalue weighted by Gasteiger charge is 2.74. The van der Waals surface area contributed by atoms with Crippen LogP contribution in [0.4, 0.5) is 21.9 Å². The standard InChI is InChI=1S/C22H13Cl2N3O2/c1-25-17-4-2-3-14(13-17)22-20(29-22)26(18-9-5-15(23)6-10-18)21(28)27(22)19-11-7-16(24)8-12-19/h2-13,20H. The van der Waals surface area contributed by atoms with Gasteiger partial charge < -0.3 is 4.74 Å². The first-order valence-corrected chi connectivity index (χ1v) is 9.60. The molecule has 142 valence electrons. The first-order valence-electron chi connectivity index (χ1n) is 8.85. The van der Waals surface area contributed by atoms with Gasteiger partial charge in [0.15, 0.2) is 11.9 Å². The Kier molecular flexibility index (Phi) is 4.04. The van der Waals surface area contributed by atoms with Crippen molar-refractivity contribution in [2.24, 2.45) is 0 Å². The van der Waals surface area contributed by atoms with Crippen LogP contribution in [-0.2, 0) is 10.5 Å². The first-order chi connectivity index (χ1) is 14.0. The fourth-order valence-corrected chi connectivity index (χ4v) is 4.01. The normalized spacial score (nSPS) is 22.4. The highest BCUT2D eigenvalue weighted by atomic mass is 35.5. The summed E-state index contributed by atoms with van der Waals surface area (Å²) in [6, 6.07) is 21.0. The fourth-order valence-electron chi connectivity index (χ4n) is 3.76. The van der Waals surface area contributed by atoms with Crippen molar-refractivity contribution in [3.05, 3.63) is 99.8 Å². The SMILES string of the molecule is [C-]#[N+]c1cccc(C23OC2N(c2ccc(Cl)cc2)C(=O)N3c2ccc(Cl)cc2)c1. The van der Waals surface area contributed by atoms with E-state index in [-0.39, 0.29) is 6.03 Å².